The van der Waals surface area contributed by atoms with Gasteiger partial charge in [-0.25, -0.2) is 0 Å². The monoisotopic (exact) mass is 250 g/mol. The van der Waals surface area contributed by atoms with Crippen molar-refractivity contribution in [2.24, 2.45) is 0 Å². The van der Waals surface area contributed by atoms with Gasteiger partial charge in [-0.3, -0.25) is 0 Å². The third kappa shape index (κ3) is 4.22. The van der Waals surface area contributed by atoms with Crippen LogP contribution in [0.3, 0.4) is 0 Å². The molecule has 0 fully saturated rings. The van der Waals surface area contributed by atoms with Crippen LogP contribution in [0.25, 0.3) is 0 Å². The predicted molar refractivity (Wildman–Crippen MR) is 79.4 cm³/mol. The van der Waals surface area contributed by atoms with E-state index in [-0.39, 0.29) is 6.61 Å². The van der Waals surface area contributed by atoms with Crippen LogP contribution in [-0.2, 0) is 0 Å². The fraction of sp³-hybridized carbons (Fsp3) is 0.600. The average molecular weight is 250 g/mol. The van der Waals surface area contributed by atoms with Crippen LogP contribution >= 0.6 is 0 Å². The van der Waals surface area contributed by atoms with Crippen LogP contribution in [0.4, 0.5) is 11.4 Å². The van der Waals surface area contributed by atoms with Gasteiger partial charge in [-0.05, 0) is 44.0 Å². The van der Waals surface area contributed by atoms with Crippen molar-refractivity contribution in [3.63, 3.8) is 0 Å². The number of nitrogens with zero attached hydrogens (tertiary/aromatic N) is 1. The number of hydrogen-bond acceptors (Lipinski definition) is 3. The third-order valence-corrected chi connectivity index (χ3v) is 3.34. The summed E-state index contributed by atoms with van der Waals surface area (Å²) in [6.07, 6.45) is 2.29. The standard InChI is InChI=1S/C15H26N2O/c1-4-13(5-2)16-14-7-9-15(10-8-14)17(6-3)11-12-18/h7-10,13,16,18H,4-6,11-12H2,1-3H3. The zero-order valence-corrected chi connectivity index (χ0v) is 11.8. The molecule has 3 nitrogen and oxygen atoms in total. The van der Waals surface area contributed by atoms with Crippen molar-refractivity contribution in [2.75, 3.05) is 29.9 Å². The minimum Gasteiger partial charge on any atom is -0.395 e. The Morgan fingerprint density at radius 1 is 1.11 bits per heavy atom. The number of likely N-dealkylation sites (N-methyl/N-ethyl adjacent to an activating group) is 1. The molecule has 0 atom stereocenters. The largest absolute Gasteiger partial charge is 0.395 e. The maximum Gasteiger partial charge on any atom is 0.0606 e. The highest BCUT2D eigenvalue weighted by molar-refractivity contribution is 5.55. The molecule has 18 heavy (non-hydrogen) atoms. The summed E-state index contributed by atoms with van der Waals surface area (Å²) in [5.41, 5.74) is 2.34. The van der Waals surface area contributed by atoms with Crippen LogP contribution < -0.4 is 10.2 Å². The molecule has 1 aromatic rings. The smallest absolute Gasteiger partial charge is 0.0606 e. The van der Waals surface area contributed by atoms with Crippen LogP contribution in [0.5, 0.6) is 0 Å². The number of hydrogen-bond donors (Lipinski definition) is 2. The van der Waals surface area contributed by atoms with Crippen LogP contribution in [0.15, 0.2) is 24.3 Å². The lowest BCUT2D eigenvalue weighted by Crippen LogP contribution is -2.26. The molecule has 0 bridgehead atoms. The predicted octanol–water partition coefficient (Wildman–Crippen LogP) is 3.11. The number of nitrogens with one attached hydrogen (secondary N) is 1. The molecule has 0 aliphatic rings. The van der Waals surface area contributed by atoms with Gasteiger partial charge in [-0.1, -0.05) is 13.8 Å². The molecular formula is C15H26N2O. The second-order valence-corrected chi connectivity index (χ2v) is 4.51. The third-order valence-electron chi connectivity index (χ3n) is 3.34. The molecule has 0 saturated heterocycles. The summed E-state index contributed by atoms with van der Waals surface area (Å²) < 4.78 is 0. The maximum atomic E-state index is 9.01. The number of benzene rings is 1. The van der Waals surface area contributed by atoms with Crippen LogP contribution in [-0.4, -0.2) is 30.8 Å². The van der Waals surface area contributed by atoms with Crippen molar-refractivity contribution in [3.8, 4) is 0 Å². The quantitative estimate of drug-likeness (QED) is 0.744. The van der Waals surface area contributed by atoms with Gasteiger partial charge in [0.15, 0.2) is 0 Å². The van der Waals surface area contributed by atoms with Crippen LogP contribution in [0, 0.1) is 0 Å². The fourth-order valence-electron chi connectivity index (χ4n) is 2.09. The lowest BCUT2D eigenvalue weighted by atomic mass is 10.1. The molecule has 0 amide bonds. The van der Waals surface area contributed by atoms with E-state index in [1.807, 2.05) is 0 Å². The molecule has 3 heteroatoms. The van der Waals surface area contributed by atoms with Gasteiger partial charge in [-0.2, -0.15) is 0 Å². The lowest BCUT2D eigenvalue weighted by Gasteiger charge is -2.23. The molecule has 1 rings (SSSR count). The minimum absolute atomic E-state index is 0.196. The Hall–Kier alpha value is -1.22. The van der Waals surface area contributed by atoms with Gasteiger partial charge >= 0.3 is 0 Å². The Bertz CT molecular complexity index is 320. The van der Waals surface area contributed by atoms with Gasteiger partial charge in [0.2, 0.25) is 0 Å². The average Bonchev–Trinajstić information content (AvgIpc) is 2.43. The molecule has 0 aromatic heterocycles. The molecule has 0 heterocycles. The minimum atomic E-state index is 0.196. The highest BCUT2D eigenvalue weighted by Gasteiger charge is 2.05. The normalized spacial score (nSPS) is 10.7. The van der Waals surface area contributed by atoms with Crippen molar-refractivity contribution in [1.29, 1.82) is 0 Å². The van der Waals surface area contributed by atoms with E-state index < -0.39 is 0 Å². The number of rotatable bonds is 8. The van der Waals surface area contributed by atoms with Crippen LogP contribution in [0.1, 0.15) is 33.6 Å². The summed E-state index contributed by atoms with van der Waals surface area (Å²) in [5, 5.41) is 12.5. The molecule has 0 aliphatic carbocycles. The molecule has 0 saturated carbocycles. The molecular weight excluding hydrogens is 224 g/mol. The number of aliphatic hydroxyl groups excluding tert-OH is 1. The van der Waals surface area contributed by atoms with E-state index in [1.165, 1.54) is 11.4 Å². The first kappa shape index (κ1) is 14.8. The van der Waals surface area contributed by atoms with Crippen molar-refractivity contribution < 1.29 is 5.11 Å². The Balaban J connectivity index is 2.66. The molecule has 0 spiro atoms. The molecule has 102 valence electrons. The summed E-state index contributed by atoms with van der Waals surface area (Å²) in [6, 6.07) is 9.02. The van der Waals surface area contributed by atoms with Gasteiger partial charge < -0.3 is 15.3 Å². The van der Waals surface area contributed by atoms with Crippen molar-refractivity contribution >= 4 is 11.4 Å². The van der Waals surface area contributed by atoms with Gasteiger partial charge in [0.1, 0.15) is 0 Å². The van der Waals surface area contributed by atoms with E-state index in [1.54, 1.807) is 0 Å². The zero-order chi connectivity index (χ0) is 13.4. The van der Waals surface area contributed by atoms with E-state index in [4.69, 9.17) is 5.11 Å². The first-order valence-corrected chi connectivity index (χ1v) is 6.97. The van der Waals surface area contributed by atoms with E-state index in [0.717, 1.165) is 19.4 Å². The Morgan fingerprint density at radius 2 is 1.72 bits per heavy atom. The Labute approximate surface area is 111 Å². The molecule has 0 aliphatic heterocycles. The summed E-state index contributed by atoms with van der Waals surface area (Å²) in [4.78, 5) is 2.17. The maximum absolute atomic E-state index is 9.01. The summed E-state index contributed by atoms with van der Waals surface area (Å²) in [5.74, 6) is 0. The summed E-state index contributed by atoms with van der Waals surface area (Å²) in [6.45, 7) is 8.31. The van der Waals surface area contributed by atoms with Crippen molar-refractivity contribution in [2.45, 2.75) is 39.7 Å². The van der Waals surface area contributed by atoms with E-state index in [9.17, 15) is 0 Å². The van der Waals surface area contributed by atoms with Gasteiger partial charge in [0.05, 0.1) is 6.61 Å². The van der Waals surface area contributed by atoms with E-state index in [2.05, 4.69) is 55.3 Å². The van der Waals surface area contributed by atoms with Gasteiger partial charge in [-0.15, -0.1) is 0 Å². The first-order chi connectivity index (χ1) is 8.74. The number of anilines is 2. The number of aliphatic hydroxyl groups is 1. The second-order valence-electron chi connectivity index (χ2n) is 4.51. The molecule has 0 radical (unpaired) electrons. The lowest BCUT2D eigenvalue weighted by molar-refractivity contribution is 0.302. The zero-order valence-electron chi connectivity index (χ0n) is 11.8. The summed E-state index contributed by atoms with van der Waals surface area (Å²) in [7, 11) is 0. The van der Waals surface area contributed by atoms with E-state index >= 15 is 0 Å². The molecule has 0 unspecified atom stereocenters. The highest BCUT2D eigenvalue weighted by Crippen LogP contribution is 2.19. The second kappa shape index (κ2) is 7.98. The van der Waals surface area contributed by atoms with Gasteiger partial charge in [0.25, 0.3) is 0 Å². The molecule has 1 aromatic carbocycles. The van der Waals surface area contributed by atoms with Crippen molar-refractivity contribution in [1.82, 2.24) is 0 Å². The topological polar surface area (TPSA) is 35.5 Å². The fourth-order valence-corrected chi connectivity index (χ4v) is 2.09. The Morgan fingerprint density at radius 3 is 2.17 bits per heavy atom. The first-order valence-electron chi connectivity index (χ1n) is 6.97. The summed E-state index contributed by atoms with van der Waals surface area (Å²) >= 11 is 0. The SMILES string of the molecule is CCC(CC)Nc1ccc(N(CC)CCO)cc1. The molecule has 2 N–H and O–H groups in total. The highest BCUT2D eigenvalue weighted by atomic mass is 16.3. The van der Waals surface area contributed by atoms with Crippen molar-refractivity contribution in [3.05, 3.63) is 24.3 Å². The van der Waals surface area contributed by atoms with Crippen LogP contribution in [0.2, 0.25) is 0 Å². The van der Waals surface area contributed by atoms with E-state index in [0.29, 0.717) is 12.6 Å². The Kier molecular flexibility index (Phi) is 6.58. The van der Waals surface area contributed by atoms with Gasteiger partial charge in [0, 0.05) is 30.5 Å².